The molecule has 0 unspecified atom stereocenters. The average molecular weight is 447 g/mol. The lowest BCUT2D eigenvalue weighted by Crippen LogP contribution is -2.27. The van der Waals surface area contributed by atoms with Crippen LogP contribution in [0.25, 0.3) is 0 Å². The summed E-state index contributed by atoms with van der Waals surface area (Å²) in [7, 11) is -3.55. The van der Waals surface area contributed by atoms with E-state index in [0.717, 1.165) is 6.26 Å². The first-order chi connectivity index (χ1) is 14.7. The highest BCUT2D eigenvalue weighted by Gasteiger charge is 2.35. The number of rotatable bonds is 8. The fraction of sp³-hybridized carbons (Fsp3) is 0.286. The summed E-state index contributed by atoms with van der Waals surface area (Å²) in [5.74, 6) is -1.93. The second-order valence-corrected chi connectivity index (χ2v) is 8.94. The second kappa shape index (κ2) is 9.25. The van der Waals surface area contributed by atoms with Crippen LogP contribution in [0.15, 0.2) is 53.6 Å². The molecular weight excluding hydrogens is 425 g/mol. The van der Waals surface area contributed by atoms with Crippen molar-refractivity contribution in [1.29, 1.82) is 0 Å². The number of aliphatic carboxylic acids is 1. The highest BCUT2D eigenvalue weighted by atomic mass is 32.2. The van der Waals surface area contributed by atoms with Crippen molar-refractivity contribution in [1.82, 2.24) is 5.01 Å². The van der Waals surface area contributed by atoms with E-state index < -0.39 is 33.8 Å². The quantitative estimate of drug-likeness (QED) is 0.645. The predicted molar refractivity (Wildman–Crippen MR) is 114 cm³/mol. The maximum Gasteiger partial charge on any atom is 0.303 e. The molecule has 1 aliphatic rings. The zero-order chi connectivity index (χ0) is 22.6. The molecule has 0 saturated carbocycles. The molecule has 0 aromatic heterocycles. The molecule has 0 spiro atoms. The van der Waals surface area contributed by atoms with Crippen molar-refractivity contribution in [3.63, 3.8) is 0 Å². The zero-order valence-electron chi connectivity index (χ0n) is 16.8. The molecule has 1 aliphatic heterocycles. The number of benzene rings is 2. The fourth-order valence-corrected chi connectivity index (χ4v) is 4.00. The normalized spacial score (nSPS) is 16.1. The number of nitrogens with one attached hydrogen (secondary N) is 1. The minimum atomic E-state index is -3.55. The van der Waals surface area contributed by atoms with Gasteiger partial charge >= 0.3 is 5.97 Å². The van der Waals surface area contributed by atoms with E-state index in [2.05, 4.69) is 9.82 Å². The number of carbonyl (C=O) groups is 2. The number of hydrogen-bond donors (Lipinski definition) is 2. The molecule has 0 aliphatic carbocycles. The van der Waals surface area contributed by atoms with Crippen molar-refractivity contribution in [2.75, 3.05) is 11.0 Å². The lowest BCUT2D eigenvalue weighted by Gasteiger charge is -2.22. The van der Waals surface area contributed by atoms with Crippen LogP contribution in [-0.4, -0.2) is 42.4 Å². The minimum Gasteiger partial charge on any atom is -0.481 e. The molecule has 1 amide bonds. The van der Waals surface area contributed by atoms with Crippen LogP contribution in [0.2, 0.25) is 0 Å². The second-order valence-electron chi connectivity index (χ2n) is 7.19. The van der Waals surface area contributed by atoms with E-state index in [1.54, 1.807) is 42.5 Å². The number of carbonyl (C=O) groups excluding carboxylic acids is 1. The number of halogens is 1. The number of sulfonamides is 1. The van der Waals surface area contributed by atoms with Gasteiger partial charge in [0.15, 0.2) is 0 Å². The highest BCUT2D eigenvalue weighted by molar-refractivity contribution is 7.92. The summed E-state index contributed by atoms with van der Waals surface area (Å²) in [6, 6.07) is 12.0. The first-order valence-corrected chi connectivity index (χ1v) is 11.5. The van der Waals surface area contributed by atoms with Gasteiger partial charge in [-0.25, -0.2) is 17.8 Å². The summed E-state index contributed by atoms with van der Waals surface area (Å²) in [5.41, 5.74) is 1.49. The number of hydrazone groups is 1. The van der Waals surface area contributed by atoms with Crippen molar-refractivity contribution in [2.45, 2.75) is 31.7 Å². The Bertz CT molecular complexity index is 1130. The van der Waals surface area contributed by atoms with Crippen LogP contribution in [0.1, 0.15) is 42.9 Å². The molecule has 164 valence electrons. The molecule has 3 rings (SSSR count). The maximum atomic E-state index is 14.5. The molecule has 10 heteroatoms. The Labute approximate surface area is 179 Å². The van der Waals surface area contributed by atoms with E-state index in [0.29, 0.717) is 17.0 Å². The summed E-state index contributed by atoms with van der Waals surface area (Å²) < 4.78 is 40.4. The number of carboxylic acids is 1. The van der Waals surface area contributed by atoms with Gasteiger partial charge in [-0.1, -0.05) is 36.4 Å². The van der Waals surface area contributed by atoms with Crippen LogP contribution in [0.3, 0.4) is 0 Å². The van der Waals surface area contributed by atoms with Gasteiger partial charge in [0.2, 0.25) is 15.9 Å². The fourth-order valence-electron chi connectivity index (χ4n) is 3.42. The first-order valence-electron chi connectivity index (χ1n) is 9.58. The van der Waals surface area contributed by atoms with Crippen LogP contribution in [0.4, 0.5) is 10.1 Å². The van der Waals surface area contributed by atoms with Crippen molar-refractivity contribution < 1.29 is 27.5 Å². The third kappa shape index (κ3) is 5.66. The van der Waals surface area contributed by atoms with E-state index in [1.807, 2.05) is 0 Å². The smallest absolute Gasteiger partial charge is 0.303 e. The molecule has 0 saturated heterocycles. The van der Waals surface area contributed by atoms with Crippen LogP contribution in [0, 0.1) is 5.82 Å². The monoisotopic (exact) mass is 447 g/mol. The van der Waals surface area contributed by atoms with Gasteiger partial charge in [0, 0.05) is 30.4 Å². The largest absolute Gasteiger partial charge is 0.481 e. The summed E-state index contributed by atoms with van der Waals surface area (Å²) in [5, 5.41) is 14.4. The number of nitrogens with zero attached hydrogens (tertiary/aromatic N) is 2. The Morgan fingerprint density at radius 3 is 2.52 bits per heavy atom. The molecule has 2 aromatic carbocycles. The Morgan fingerprint density at radius 2 is 1.84 bits per heavy atom. The van der Waals surface area contributed by atoms with Crippen LogP contribution in [0.5, 0.6) is 0 Å². The van der Waals surface area contributed by atoms with Crippen LogP contribution in [-0.2, 0) is 19.6 Å². The lowest BCUT2D eigenvalue weighted by atomic mass is 9.97. The molecule has 1 heterocycles. The number of carboxylic acid groups (broad SMARTS) is 1. The number of hydrogen-bond acceptors (Lipinski definition) is 5. The number of para-hydroxylation sites is 1. The standard InChI is InChI=1S/C21H22FN3O5S/c1-31(29,30)24-17-10-5-3-8-15(17)18-13-19(14-7-2-4-9-16(14)22)25(23-18)20(26)11-6-12-21(27)28/h2-5,7-10,19,24H,6,11-13H2,1H3,(H,27,28)/t19-/m0/s1. The van der Waals surface area contributed by atoms with Gasteiger partial charge in [0.1, 0.15) is 5.82 Å². The van der Waals surface area contributed by atoms with Crippen molar-refractivity contribution >= 4 is 33.3 Å². The Morgan fingerprint density at radius 1 is 1.16 bits per heavy atom. The Hall–Kier alpha value is -3.27. The van der Waals surface area contributed by atoms with Crippen molar-refractivity contribution in [3.05, 3.63) is 65.5 Å². The summed E-state index contributed by atoms with van der Waals surface area (Å²) >= 11 is 0. The molecule has 0 bridgehead atoms. The number of anilines is 1. The van der Waals surface area contributed by atoms with Crippen LogP contribution >= 0.6 is 0 Å². The molecule has 2 N–H and O–H groups in total. The zero-order valence-corrected chi connectivity index (χ0v) is 17.6. The van der Waals surface area contributed by atoms with Gasteiger partial charge in [-0.15, -0.1) is 0 Å². The average Bonchev–Trinajstić information content (AvgIpc) is 3.12. The lowest BCUT2D eigenvalue weighted by molar-refractivity contribution is -0.137. The van der Waals surface area contributed by atoms with Gasteiger partial charge in [-0.2, -0.15) is 5.10 Å². The van der Waals surface area contributed by atoms with E-state index >= 15 is 0 Å². The van der Waals surface area contributed by atoms with Crippen molar-refractivity contribution in [3.8, 4) is 0 Å². The Kier molecular flexibility index (Phi) is 6.69. The molecule has 0 radical (unpaired) electrons. The van der Waals surface area contributed by atoms with Crippen LogP contribution < -0.4 is 4.72 Å². The SMILES string of the molecule is CS(=O)(=O)Nc1ccccc1C1=NN(C(=O)CCCC(=O)O)[C@H](c2ccccc2F)C1. The molecule has 2 aromatic rings. The topological polar surface area (TPSA) is 116 Å². The molecule has 0 fully saturated rings. The van der Waals surface area contributed by atoms with Gasteiger partial charge in [-0.3, -0.25) is 14.3 Å². The molecular formula is C21H22FN3O5S. The Balaban J connectivity index is 1.96. The first kappa shape index (κ1) is 22.4. The van der Waals surface area contributed by atoms with E-state index in [-0.39, 0.29) is 31.2 Å². The van der Waals surface area contributed by atoms with Gasteiger partial charge in [0.05, 0.1) is 23.7 Å². The third-order valence-corrected chi connectivity index (χ3v) is 5.34. The molecule has 8 nitrogen and oxygen atoms in total. The minimum absolute atomic E-state index is 0.0583. The molecule has 31 heavy (non-hydrogen) atoms. The summed E-state index contributed by atoms with van der Waals surface area (Å²) in [6.45, 7) is 0. The predicted octanol–water partition coefficient (Wildman–Crippen LogP) is 3.13. The number of amides is 1. The third-order valence-electron chi connectivity index (χ3n) is 4.74. The van der Waals surface area contributed by atoms with Gasteiger partial charge in [-0.05, 0) is 18.6 Å². The highest BCUT2D eigenvalue weighted by Crippen LogP contribution is 2.36. The van der Waals surface area contributed by atoms with Gasteiger partial charge in [0.25, 0.3) is 0 Å². The maximum absolute atomic E-state index is 14.5. The van der Waals surface area contributed by atoms with E-state index in [4.69, 9.17) is 5.11 Å². The molecule has 1 atom stereocenters. The van der Waals surface area contributed by atoms with E-state index in [9.17, 15) is 22.4 Å². The summed E-state index contributed by atoms with van der Waals surface area (Å²) in [6.07, 6.45) is 1.11. The van der Waals surface area contributed by atoms with Gasteiger partial charge < -0.3 is 5.11 Å². The summed E-state index contributed by atoms with van der Waals surface area (Å²) in [4.78, 5) is 23.6. The van der Waals surface area contributed by atoms with Crippen molar-refractivity contribution in [2.24, 2.45) is 5.10 Å². The van der Waals surface area contributed by atoms with E-state index in [1.165, 1.54) is 11.1 Å².